The summed E-state index contributed by atoms with van der Waals surface area (Å²) in [6.07, 6.45) is 3.15. The van der Waals surface area contributed by atoms with Gasteiger partial charge in [0.25, 0.3) is 5.91 Å². The number of aromatic nitrogens is 2. The zero-order chi connectivity index (χ0) is 13.8. The normalized spacial score (nSPS) is 19.6. The van der Waals surface area contributed by atoms with E-state index in [9.17, 15) is 4.79 Å². The van der Waals surface area contributed by atoms with Crippen molar-refractivity contribution in [3.63, 3.8) is 0 Å². The van der Waals surface area contributed by atoms with Crippen LogP contribution in [0.1, 0.15) is 54.2 Å². The van der Waals surface area contributed by atoms with Crippen molar-refractivity contribution >= 4 is 5.91 Å². The first-order valence-corrected chi connectivity index (χ1v) is 6.96. The molecule has 0 unspecified atom stereocenters. The predicted octanol–water partition coefficient (Wildman–Crippen LogP) is 1.69. The molecule has 1 aliphatic rings. The quantitative estimate of drug-likeness (QED) is 0.897. The van der Waals surface area contributed by atoms with Gasteiger partial charge in [0, 0.05) is 12.2 Å². The van der Waals surface area contributed by atoms with Gasteiger partial charge in [-0.05, 0) is 45.8 Å². The fraction of sp³-hybridized carbons (Fsp3) is 0.643. The summed E-state index contributed by atoms with van der Waals surface area (Å²) in [7, 11) is 2.08. The molecule has 0 aliphatic carbocycles. The van der Waals surface area contributed by atoms with Gasteiger partial charge in [0.2, 0.25) is 0 Å². The van der Waals surface area contributed by atoms with Gasteiger partial charge in [0.1, 0.15) is 11.5 Å². The smallest absolute Gasteiger partial charge is 0.270 e. The van der Waals surface area contributed by atoms with E-state index in [2.05, 4.69) is 27.2 Å². The fourth-order valence-corrected chi connectivity index (χ4v) is 2.42. The lowest BCUT2D eigenvalue weighted by Gasteiger charge is -2.18. The molecule has 5 heteroatoms. The molecule has 0 bridgehead atoms. The molecule has 0 spiro atoms. The van der Waals surface area contributed by atoms with Crippen molar-refractivity contribution in [2.75, 3.05) is 20.1 Å². The van der Waals surface area contributed by atoms with Crippen LogP contribution in [0.3, 0.4) is 0 Å². The maximum absolute atomic E-state index is 12.0. The number of carbonyl (C=O) groups excluding carboxylic acids is 1. The number of nitrogens with one attached hydrogen (secondary N) is 1. The number of nitrogens with zero attached hydrogens (tertiary/aromatic N) is 3. The minimum Gasteiger partial charge on any atom is -0.351 e. The molecule has 1 aromatic heterocycles. The Labute approximate surface area is 114 Å². The van der Waals surface area contributed by atoms with Crippen molar-refractivity contribution < 1.29 is 4.79 Å². The molecule has 1 amide bonds. The second-order valence-electron chi connectivity index (χ2n) is 5.15. The minimum absolute atomic E-state index is 0.103. The van der Waals surface area contributed by atoms with Gasteiger partial charge in [-0.2, -0.15) is 0 Å². The molecular weight excluding hydrogens is 240 g/mol. The third-order valence-electron chi connectivity index (χ3n) is 3.46. The monoisotopic (exact) mass is 262 g/mol. The van der Waals surface area contributed by atoms with Crippen LogP contribution < -0.4 is 5.32 Å². The molecule has 0 radical (unpaired) electrons. The van der Waals surface area contributed by atoms with Gasteiger partial charge in [0.05, 0.1) is 6.04 Å². The number of hydrogen-bond acceptors (Lipinski definition) is 4. The van der Waals surface area contributed by atoms with Crippen LogP contribution >= 0.6 is 0 Å². The standard InChI is InChI=1S/C14H22N4O/c1-4-7-15-14(19)11-9-10(2)16-13(17-11)12-6-5-8-18(12)3/h9,12H,4-8H2,1-3H3,(H,15,19)/t12-/m0/s1. The Hall–Kier alpha value is -1.49. The highest BCUT2D eigenvalue weighted by Gasteiger charge is 2.26. The Bertz CT molecular complexity index is 461. The van der Waals surface area contributed by atoms with Crippen molar-refractivity contribution in [2.24, 2.45) is 0 Å². The van der Waals surface area contributed by atoms with Gasteiger partial charge < -0.3 is 5.32 Å². The molecule has 1 atom stereocenters. The van der Waals surface area contributed by atoms with Gasteiger partial charge in [-0.3, -0.25) is 9.69 Å². The van der Waals surface area contributed by atoms with Crippen LogP contribution in [0.25, 0.3) is 0 Å². The zero-order valence-electron chi connectivity index (χ0n) is 11.9. The van der Waals surface area contributed by atoms with Crippen molar-refractivity contribution in [2.45, 2.75) is 39.2 Å². The highest BCUT2D eigenvalue weighted by molar-refractivity contribution is 5.92. The molecule has 104 valence electrons. The maximum Gasteiger partial charge on any atom is 0.270 e. The van der Waals surface area contributed by atoms with Crippen LogP contribution in [0.4, 0.5) is 0 Å². The number of hydrogen-bond donors (Lipinski definition) is 1. The molecule has 0 aromatic carbocycles. The Morgan fingerprint density at radius 2 is 2.32 bits per heavy atom. The molecule has 2 heterocycles. The average Bonchev–Trinajstić information content (AvgIpc) is 2.81. The van der Waals surface area contributed by atoms with E-state index < -0.39 is 0 Å². The van der Waals surface area contributed by atoms with Crippen molar-refractivity contribution in [1.29, 1.82) is 0 Å². The molecule has 1 saturated heterocycles. The summed E-state index contributed by atoms with van der Waals surface area (Å²) >= 11 is 0. The first-order valence-electron chi connectivity index (χ1n) is 6.96. The second kappa shape index (κ2) is 6.10. The lowest BCUT2D eigenvalue weighted by atomic mass is 10.2. The lowest BCUT2D eigenvalue weighted by Crippen LogP contribution is -2.27. The van der Waals surface area contributed by atoms with Gasteiger partial charge >= 0.3 is 0 Å². The van der Waals surface area contributed by atoms with Crippen LogP contribution in [-0.2, 0) is 0 Å². The summed E-state index contributed by atoms with van der Waals surface area (Å²) in [5, 5.41) is 2.86. The molecule has 1 aliphatic heterocycles. The summed E-state index contributed by atoms with van der Waals surface area (Å²) in [5.41, 5.74) is 1.34. The van der Waals surface area contributed by atoms with E-state index in [1.165, 1.54) is 0 Å². The Morgan fingerprint density at radius 3 is 2.95 bits per heavy atom. The SMILES string of the molecule is CCCNC(=O)c1cc(C)nc([C@@H]2CCCN2C)n1. The van der Waals surface area contributed by atoms with Gasteiger partial charge in [-0.25, -0.2) is 9.97 Å². The van der Waals surface area contributed by atoms with E-state index in [0.29, 0.717) is 12.2 Å². The number of rotatable bonds is 4. The van der Waals surface area contributed by atoms with Crippen LogP contribution in [0.5, 0.6) is 0 Å². The van der Waals surface area contributed by atoms with E-state index in [1.807, 2.05) is 13.8 Å². The van der Waals surface area contributed by atoms with Gasteiger partial charge in [-0.15, -0.1) is 0 Å². The van der Waals surface area contributed by atoms with E-state index in [-0.39, 0.29) is 11.9 Å². The summed E-state index contributed by atoms with van der Waals surface area (Å²) in [4.78, 5) is 23.2. The van der Waals surface area contributed by atoms with Gasteiger partial charge in [0.15, 0.2) is 0 Å². The molecule has 1 N–H and O–H groups in total. The summed E-state index contributed by atoms with van der Waals surface area (Å²) in [5.74, 6) is 0.677. The maximum atomic E-state index is 12.0. The second-order valence-corrected chi connectivity index (χ2v) is 5.15. The molecule has 0 saturated carbocycles. The van der Waals surface area contributed by atoms with Crippen LogP contribution in [0.2, 0.25) is 0 Å². The van der Waals surface area contributed by atoms with Crippen LogP contribution in [0.15, 0.2) is 6.07 Å². The summed E-state index contributed by atoms with van der Waals surface area (Å²) < 4.78 is 0. The largest absolute Gasteiger partial charge is 0.351 e. The fourth-order valence-electron chi connectivity index (χ4n) is 2.42. The summed E-state index contributed by atoms with van der Waals surface area (Å²) in [6.45, 7) is 5.70. The average molecular weight is 262 g/mol. The third-order valence-corrected chi connectivity index (χ3v) is 3.46. The van der Waals surface area contributed by atoms with Gasteiger partial charge in [-0.1, -0.05) is 6.92 Å². The molecule has 2 rings (SSSR count). The molecule has 1 aromatic rings. The van der Waals surface area contributed by atoms with Crippen molar-refractivity contribution in [1.82, 2.24) is 20.2 Å². The van der Waals surface area contributed by atoms with E-state index in [0.717, 1.165) is 37.3 Å². The molecular formula is C14H22N4O. The first-order chi connectivity index (χ1) is 9.11. The zero-order valence-corrected chi connectivity index (χ0v) is 11.9. The van der Waals surface area contributed by atoms with Crippen LogP contribution in [-0.4, -0.2) is 40.9 Å². The molecule has 1 fully saturated rings. The van der Waals surface area contributed by atoms with Crippen molar-refractivity contribution in [3.8, 4) is 0 Å². The lowest BCUT2D eigenvalue weighted by molar-refractivity contribution is 0.0947. The minimum atomic E-state index is -0.103. The Balaban J connectivity index is 2.21. The predicted molar refractivity (Wildman–Crippen MR) is 74.0 cm³/mol. The molecule has 5 nitrogen and oxygen atoms in total. The Morgan fingerprint density at radius 1 is 1.53 bits per heavy atom. The molecule has 19 heavy (non-hydrogen) atoms. The number of carbonyl (C=O) groups is 1. The number of likely N-dealkylation sites (tertiary alicyclic amines) is 1. The first kappa shape index (κ1) is 13.9. The Kier molecular flexibility index (Phi) is 4.47. The topological polar surface area (TPSA) is 58.1 Å². The summed E-state index contributed by atoms with van der Waals surface area (Å²) in [6, 6.07) is 2.00. The van der Waals surface area contributed by atoms with E-state index >= 15 is 0 Å². The highest BCUT2D eigenvalue weighted by atomic mass is 16.1. The van der Waals surface area contributed by atoms with Crippen LogP contribution in [0, 0.1) is 6.92 Å². The van der Waals surface area contributed by atoms with E-state index in [1.54, 1.807) is 6.07 Å². The highest BCUT2D eigenvalue weighted by Crippen LogP contribution is 2.28. The number of aryl methyl sites for hydroxylation is 1. The van der Waals surface area contributed by atoms with E-state index in [4.69, 9.17) is 0 Å². The number of amides is 1. The van der Waals surface area contributed by atoms with Crippen molar-refractivity contribution in [3.05, 3.63) is 23.3 Å². The third kappa shape index (κ3) is 3.29.